The van der Waals surface area contributed by atoms with Crippen molar-refractivity contribution in [1.82, 2.24) is 9.55 Å². The smallest absolute Gasteiger partial charge is 0.282 e. The molecule has 0 bridgehead atoms. The first-order chi connectivity index (χ1) is 13.6. The molecule has 4 aromatic rings. The first-order valence-electron chi connectivity index (χ1n) is 9.14. The molecule has 138 valence electrons. The van der Waals surface area contributed by atoms with Crippen molar-refractivity contribution in [2.45, 2.75) is 20.4 Å². The first kappa shape index (κ1) is 17.0. The van der Waals surface area contributed by atoms with E-state index in [1.165, 1.54) is 0 Å². The van der Waals surface area contributed by atoms with Gasteiger partial charge in [0.2, 0.25) is 0 Å². The molecule has 0 atom stereocenters. The minimum absolute atomic E-state index is 0.137. The lowest BCUT2D eigenvalue weighted by Gasteiger charge is -2.25. The van der Waals surface area contributed by atoms with Gasteiger partial charge in [0.1, 0.15) is 16.4 Å². The van der Waals surface area contributed by atoms with Gasteiger partial charge in [-0.3, -0.25) is 4.79 Å². The average molecular weight is 386 g/mol. The minimum Gasteiger partial charge on any atom is -0.507 e. The summed E-state index contributed by atoms with van der Waals surface area (Å²) in [5.41, 5.74) is 4.08. The summed E-state index contributed by atoms with van der Waals surface area (Å²) in [4.78, 5) is 19.4. The van der Waals surface area contributed by atoms with E-state index in [4.69, 9.17) is 0 Å². The Morgan fingerprint density at radius 3 is 2.57 bits per heavy atom. The molecule has 0 unspecified atom stereocenters. The molecule has 5 heteroatoms. The van der Waals surface area contributed by atoms with E-state index in [0.29, 0.717) is 28.9 Å². The molecule has 0 fully saturated rings. The van der Waals surface area contributed by atoms with Crippen LogP contribution in [0.1, 0.15) is 33.0 Å². The van der Waals surface area contributed by atoms with Crippen molar-refractivity contribution in [3.05, 3.63) is 97.9 Å². The van der Waals surface area contributed by atoms with Crippen molar-refractivity contribution in [2.24, 2.45) is 0 Å². The van der Waals surface area contributed by atoms with E-state index < -0.39 is 0 Å². The summed E-state index contributed by atoms with van der Waals surface area (Å²) in [6.07, 6.45) is 0. The zero-order valence-corrected chi connectivity index (χ0v) is 16.4. The highest BCUT2D eigenvalue weighted by Gasteiger charge is 2.28. The quantitative estimate of drug-likeness (QED) is 0.417. The van der Waals surface area contributed by atoms with Gasteiger partial charge >= 0.3 is 0 Å². The molecule has 0 saturated heterocycles. The third kappa shape index (κ3) is 2.36. The van der Waals surface area contributed by atoms with Crippen molar-refractivity contribution in [1.29, 1.82) is 0 Å². The summed E-state index contributed by atoms with van der Waals surface area (Å²) in [6, 6.07) is 17.4. The van der Waals surface area contributed by atoms with Crippen molar-refractivity contribution in [2.75, 3.05) is 0 Å². The van der Waals surface area contributed by atoms with Gasteiger partial charge in [-0.05, 0) is 30.5 Å². The Labute approximate surface area is 166 Å². The Morgan fingerprint density at radius 1 is 1.07 bits per heavy atom. The van der Waals surface area contributed by atoms with Crippen LogP contribution in [0, 0.1) is 13.8 Å². The van der Waals surface area contributed by atoms with Gasteiger partial charge in [-0.15, -0.1) is 11.3 Å². The monoisotopic (exact) mass is 386 g/mol. The Bertz CT molecular complexity index is 1330. The lowest BCUT2D eigenvalue weighted by Crippen LogP contribution is -2.23. The van der Waals surface area contributed by atoms with E-state index in [-0.39, 0.29) is 11.3 Å². The number of hydrogen-bond donors (Lipinski definition) is 1. The van der Waals surface area contributed by atoms with Gasteiger partial charge in [0.05, 0.1) is 17.5 Å². The molecular formula is C23H18N2O2S. The second-order valence-electron chi connectivity index (χ2n) is 7.04. The Kier molecular flexibility index (Phi) is 3.74. The number of aryl methyl sites for hydroxylation is 2. The number of benzene rings is 2. The van der Waals surface area contributed by atoms with Crippen molar-refractivity contribution >= 4 is 32.9 Å². The van der Waals surface area contributed by atoms with Crippen LogP contribution in [0.25, 0.3) is 21.5 Å². The molecule has 0 saturated carbocycles. The minimum atomic E-state index is -0.235. The number of thiophene rings is 1. The zero-order valence-electron chi connectivity index (χ0n) is 15.6. The number of rotatable bonds is 1. The number of aliphatic hydroxyl groups is 1. The van der Waals surface area contributed by atoms with Crippen LogP contribution in [0.2, 0.25) is 0 Å². The maximum Gasteiger partial charge on any atom is 0.282 e. The molecule has 1 N–H and O–H groups in total. The summed E-state index contributed by atoms with van der Waals surface area (Å²) in [7, 11) is 0. The summed E-state index contributed by atoms with van der Waals surface area (Å²) in [5, 5.41) is 11.9. The summed E-state index contributed by atoms with van der Waals surface area (Å²) >= 11 is 1.61. The Balaban J connectivity index is 1.92. The molecule has 0 radical (unpaired) electrons. The molecule has 2 aromatic carbocycles. The molecule has 0 amide bonds. The topological polar surface area (TPSA) is 55.1 Å². The Morgan fingerprint density at radius 2 is 1.79 bits per heavy atom. The van der Waals surface area contributed by atoms with Gasteiger partial charge in [-0.2, -0.15) is 4.98 Å². The van der Waals surface area contributed by atoms with Crippen LogP contribution in [0.15, 0.2) is 59.4 Å². The lowest BCUT2D eigenvalue weighted by atomic mass is 9.92. The fraction of sp³-hybridized carbons (Fsp3) is 0.130. The average Bonchev–Trinajstić information content (AvgIpc) is 3.02. The molecule has 5 rings (SSSR count). The van der Waals surface area contributed by atoms with Gasteiger partial charge in [-0.1, -0.05) is 54.6 Å². The van der Waals surface area contributed by atoms with E-state index in [1.807, 2.05) is 62.4 Å². The van der Waals surface area contributed by atoms with Gasteiger partial charge in [0.25, 0.3) is 5.56 Å². The van der Waals surface area contributed by atoms with Crippen LogP contribution in [-0.4, -0.2) is 14.7 Å². The van der Waals surface area contributed by atoms with E-state index in [1.54, 1.807) is 11.3 Å². The summed E-state index contributed by atoms with van der Waals surface area (Å²) in [6.45, 7) is 4.63. The van der Waals surface area contributed by atoms with Crippen LogP contribution in [0.3, 0.4) is 0 Å². The maximum absolute atomic E-state index is 12.9. The van der Waals surface area contributed by atoms with E-state index in [9.17, 15) is 9.90 Å². The molecule has 4 nitrogen and oxygen atoms in total. The third-order valence-electron chi connectivity index (χ3n) is 5.41. The number of fused-ring (bicyclic) bond motifs is 4. The van der Waals surface area contributed by atoms with Crippen LogP contribution in [0.4, 0.5) is 0 Å². The van der Waals surface area contributed by atoms with Crippen LogP contribution in [0.5, 0.6) is 0 Å². The molecule has 0 spiro atoms. The van der Waals surface area contributed by atoms with Gasteiger partial charge in [0.15, 0.2) is 0 Å². The molecule has 0 aliphatic carbocycles. The Hall–Kier alpha value is -3.18. The van der Waals surface area contributed by atoms with Crippen molar-refractivity contribution in [3.8, 4) is 0 Å². The van der Waals surface area contributed by atoms with Gasteiger partial charge < -0.3 is 9.67 Å². The molecule has 3 heterocycles. The summed E-state index contributed by atoms with van der Waals surface area (Å²) < 4.78 is 2.07. The second kappa shape index (κ2) is 6.17. The molecule has 28 heavy (non-hydrogen) atoms. The number of aromatic nitrogens is 2. The maximum atomic E-state index is 12.9. The molecular weight excluding hydrogens is 368 g/mol. The van der Waals surface area contributed by atoms with E-state index >= 15 is 0 Å². The van der Waals surface area contributed by atoms with Gasteiger partial charge in [-0.25, -0.2) is 0 Å². The van der Waals surface area contributed by atoms with Crippen LogP contribution in [-0.2, 0) is 6.54 Å². The highest BCUT2D eigenvalue weighted by Crippen LogP contribution is 2.38. The standard InChI is InChI=1S/C23H18N2O2S/c1-13-14(2)28-23-18(13)22(27)24-21-19(20(26)15-8-4-3-5-9-15)17-11-7-6-10-16(17)12-25(21)23/h3-11,26H,12H2,1-2H3/b20-19+. The molecule has 2 aromatic heterocycles. The van der Waals surface area contributed by atoms with E-state index in [2.05, 4.69) is 15.6 Å². The fourth-order valence-corrected chi connectivity index (χ4v) is 5.01. The summed E-state index contributed by atoms with van der Waals surface area (Å²) in [5.74, 6) is 0.663. The zero-order chi connectivity index (χ0) is 19.4. The molecule has 1 aliphatic heterocycles. The van der Waals surface area contributed by atoms with Crippen molar-refractivity contribution in [3.63, 3.8) is 0 Å². The highest BCUT2D eigenvalue weighted by molar-refractivity contribution is 7.18. The van der Waals surface area contributed by atoms with Crippen LogP contribution < -0.4 is 5.56 Å². The largest absolute Gasteiger partial charge is 0.507 e. The highest BCUT2D eigenvalue weighted by atomic mass is 32.1. The third-order valence-corrected chi connectivity index (χ3v) is 6.64. The number of nitrogens with zero attached hydrogens (tertiary/aromatic N) is 2. The normalized spacial score (nSPS) is 14.6. The predicted octanol–water partition coefficient (Wildman–Crippen LogP) is 4.91. The fourth-order valence-electron chi connectivity index (χ4n) is 3.86. The van der Waals surface area contributed by atoms with E-state index in [0.717, 1.165) is 26.4 Å². The lowest BCUT2D eigenvalue weighted by molar-refractivity contribution is 0.512. The first-order valence-corrected chi connectivity index (χ1v) is 9.95. The van der Waals surface area contributed by atoms with Crippen molar-refractivity contribution < 1.29 is 5.11 Å². The molecule has 1 aliphatic rings. The number of aliphatic hydroxyl groups excluding tert-OH is 1. The number of hydrogen-bond acceptors (Lipinski definition) is 4. The van der Waals surface area contributed by atoms with Crippen LogP contribution >= 0.6 is 11.3 Å². The van der Waals surface area contributed by atoms with Gasteiger partial charge in [0, 0.05) is 10.4 Å². The second-order valence-corrected chi connectivity index (χ2v) is 8.24. The predicted molar refractivity (Wildman–Crippen MR) is 114 cm³/mol. The SMILES string of the molecule is Cc1sc2c(c1C)c(=O)nc1n2Cc2ccccc2/C1=C(\O)c1ccccc1.